The fourth-order valence-electron chi connectivity index (χ4n) is 1.93. The summed E-state index contributed by atoms with van der Waals surface area (Å²) in [4.78, 5) is 4.30. The van der Waals surface area contributed by atoms with Gasteiger partial charge in [-0.1, -0.05) is 28.1 Å². The number of imidazole rings is 1. The molecule has 0 amide bonds. The van der Waals surface area contributed by atoms with Crippen LogP contribution in [0.25, 0.3) is 0 Å². The van der Waals surface area contributed by atoms with Gasteiger partial charge in [0, 0.05) is 36.4 Å². The van der Waals surface area contributed by atoms with Crippen LogP contribution in [0.5, 0.6) is 0 Å². The van der Waals surface area contributed by atoms with Crippen LogP contribution >= 0.6 is 15.9 Å². The van der Waals surface area contributed by atoms with Crippen LogP contribution in [0, 0.1) is 6.92 Å². The first-order valence-electron chi connectivity index (χ1n) is 5.56. The number of halogens is 1. The predicted molar refractivity (Wildman–Crippen MR) is 72.7 cm³/mol. The second-order valence-electron chi connectivity index (χ2n) is 4.22. The number of aryl methyl sites for hydroxylation is 1. The van der Waals surface area contributed by atoms with E-state index in [0.29, 0.717) is 0 Å². The number of hydrogen-bond donors (Lipinski definition) is 1. The zero-order valence-electron chi connectivity index (χ0n) is 10.0. The highest BCUT2D eigenvalue weighted by molar-refractivity contribution is 9.10. The maximum absolute atomic E-state index is 6.25. The third-order valence-electron chi connectivity index (χ3n) is 3.03. The van der Waals surface area contributed by atoms with E-state index in [1.54, 1.807) is 6.20 Å². The molecule has 1 unspecified atom stereocenters. The topological polar surface area (TPSA) is 43.8 Å². The Morgan fingerprint density at radius 2 is 2.24 bits per heavy atom. The zero-order chi connectivity index (χ0) is 12.4. The molecule has 1 aromatic heterocycles. The van der Waals surface area contributed by atoms with Crippen LogP contribution in [-0.2, 0) is 13.5 Å². The first-order chi connectivity index (χ1) is 8.09. The minimum atomic E-state index is -0.0198. The first-order valence-corrected chi connectivity index (χ1v) is 6.35. The smallest absolute Gasteiger partial charge is 0.110 e. The van der Waals surface area contributed by atoms with Gasteiger partial charge in [0.1, 0.15) is 5.82 Å². The van der Waals surface area contributed by atoms with Crippen molar-refractivity contribution >= 4 is 15.9 Å². The van der Waals surface area contributed by atoms with Crippen molar-refractivity contribution in [3.05, 3.63) is 52.0 Å². The van der Waals surface area contributed by atoms with Crippen molar-refractivity contribution in [3.63, 3.8) is 0 Å². The molecule has 0 bridgehead atoms. The molecular weight excluding hydrogens is 278 g/mol. The first kappa shape index (κ1) is 12.3. The van der Waals surface area contributed by atoms with E-state index in [2.05, 4.69) is 33.9 Å². The molecule has 0 aliphatic heterocycles. The summed E-state index contributed by atoms with van der Waals surface area (Å²) in [5.41, 5.74) is 8.62. The number of nitrogens with zero attached hydrogens (tertiary/aromatic N) is 2. The second kappa shape index (κ2) is 5.02. The lowest BCUT2D eigenvalue weighted by Gasteiger charge is -2.15. The Balaban J connectivity index is 2.23. The molecule has 1 heterocycles. The lowest BCUT2D eigenvalue weighted by atomic mass is 9.99. The lowest BCUT2D eigenvalue weighted by molar-refractivity contribution is 0.656. The van der Waals surface area contributed by atoms with Crippen molar-refractivity contribution in [2.24, 2.45) is 12.8 Å². The molecule has 0 aliphatic carbocycles. The van der Waals surface area contributed by atoms with Gasteiger partial charge in [0.25, 0.3) is 0 Å². The van der Waals surface area contributed by atoms with Gasteiger partial charge in [-0.3, -0.25) is 0 Å². The molecule has 3 nitrogen and oxygen atoms in total. The largest absolute Gasteiger partial charge is 0.338 e. The van der Waals surface area contributed by atoms with E-state index in [1.165, 1.54) is 11.1 Å². The van der Waals surface area contributed by atoms with Crippen LogP contribution in [0.4, 0.5) is 0 Å². The molecule has 0 saturated carbocycles. The Kier molecular flexibility index (Phi) is 3.64. The van der Waals surface area contributed by atoms with Gasteiger partial charge in [0.2, 0.25) is 0 Å². The van der Waals surface area contributed by atoms with Gasteiger partial charge < -0.3 is 10.3 Å². The highest BCUT2D eigenvalue weighted by Gasteiger charge is 2.13. The van der Waals surface area contributed by atoms with Crippen LogP contribution in [0.1, 0.15) is 23.0 Å². The summed E-state index contributed by atoms with van der Waals surface area (Å²) < 4.78 is 3.11. The minimum Gasteiger partial charge on any atom is -0.338 e. The van der Waals surface area contributed by atoms with Crippen molar-refractivity contribution in [2.75, 3.05) is 0 Å². The molecule has 0 fully saturated rings. The average Bonchev–Trinajstić information content (AvgIpc) is 2.68. The van der Waals surface area contributed by atoms with E-state index >= 15 is 0 Å². The third kappa shape index (κ3) is 2.58. The van der Waals surface area contributed by atoms with Crippen LogP contribution in [0.15, 0.2) is 35.1 Å². The molecule has 0 aliphatic rings. The molecule has 2 aromatic rings. The maximum atomic E-state index is 6.25. The monoisotopic (exact) mass is 293 g/mol. The third-order valence-corrected chi connectivity index (χ3v) is 3.89. The number of rotatable bonds is 3. The van der Waals surface area contributed by atoms with E-state index in [-0.39, 0.29) is 6.04 Å². The highest BCUT2D eigenvalue weighted by Crippen LogP contribution is 2.25. The molecule has 0 radical (unpaired) electrons. The van der Waals surface area contributed by atoms with Gasteiger partial charge in [0.05, 0.1) is 0 Å². The molecule has 17 heavy (non-hydrogen) atoms. The molecule has 90 valence electrons. The molecular formula is C13H16BrN3. The summed E-state index contributed by atoms with van der Waals surface area (Å²) in [5, 5.41) is 0. The van der Waals surface area contributed by atoms with E-state index in [4.69, 9.17) is 5.73 Å². The van der Waals surface area contributed by atoms with Crippen molar-refractivity contribution in [2.45, 2.75) is 19.4 Å². The Hall–Kier alpha value is -1.13. The Morgan fingerprint density at radius 1 is 1.47 bits per heavy atom. The van der Waals surface area contributed by atoms with Gasteiger partial charge >= 0.3 is 0 Å². The highest BCUT2D eigenvalue weighted by atomic mass is 79.9. The van der Waals surface area contributed by atoms with E-state index < -0.39 is 0 Å². The molecule has 1 atom stereocenters. The van der Waals surface area contributed by atoms with Gasteiger partial charge in [-0.2, -0.15) is 0 Å². The van der Waals surface area contributed by atoms with Crippen molar-refractivity contribution in [1.29, 1.82) is 0 Å². The quantitative estimate of drug-likeness (QED) is 0.946. The molecule has 2 N–H and O–H groups in total. The van der Waals surface area contributed by atoms with Gasteiger partial charge in [-0.05, 0) is 24.1 Å². The molecule has 2 rings (SSSR count). The van der Waals surface area contributed by atoms with Crippen molar-refractivity contribution in [3.8, 4) is 0 Å². The van der Waals surface area contributed by atoms with Crippen molar-refractivity contribution in [1.82, 2.24) is 9.55 Å². The van der Waals surface area contributed by atoms with Crippen LogP contribution in [0.2, 0.25) is 0 Å². The number of benzene rings is 1. The molecule has 0 saturated heterocycles. The van der Waals surface area contributed by atoms with E-state index in [9.17, 15) is 0 Å². The lowest BCUT2D eigenvalue weighted by Crippen LogP contribution is -2.17. The van der Waals surface area contributed by atoms with Crippen LogP contribution < -0.4 is 5.73 Å². The Morgan fingerprint density at radius 3 is 2.88 bits per heavy atom. The van der Waals surface area contributed by atoms with E-state index in [1.807, 2.05) is 29.9 Å². The summed E-state index contributed by atoms with van der Waals surface area (Å²) in [6.45, 7) is 2.08. The Bertz CT molecular complexity index is 519. The van der Waals surface area contributed by atoms with Gasteiger partial charge in [-0.25, -0.2) is 4.98 Å². The normalized spacial score (nSPS) is 12.7. The SMILES string of the molecule is Cc1c(Br)cccc1C(N)Cc1nccn1C. The summed E-state index contributed by atoms with van der Waals surface area (Å²) in [6, 6.07) is 6.11. The minimum absolute atomic E-state index is 0.0198. The second-order valence-corrected chi connectivity index (χ2v) is 5.07. The van der Waals surface area contributed by atoms with Crippen molar-refractivity contribution < 1.29 is 0 Å². The molecule has 4 heteroatoms. The summed E-state index contributed by atoms with van der Waals surface area (Å²) in [7, 11) is 1.99. The zero-order valence-corrected chi connectivity index (χ0v) is 11.6. The predicted octanol–water partition coefficient (Wildman–Crippen LogP) is 2.73. The fourth-order valence-corrected chi connectivity index (χ4v) is 2.31. The van der Waals surface area contributed by atoms with Gasteiger partial charge in [-0.15, -0.1) is 0 Å². The number of aromatic nitrogens is 2. The number of nitrogens with two attached hydrogens (primary N) is 1. The van der Waals surface area contributed by atoms with Gasteiger partial charge in [0.15, 0.2) is 0 Å². The molecule has 0 spiro atoms. The molecule has 1 aromatic carbocycles. The standard InChI is InChI=1S/C13H16BrN3/c1-9-10(4-3-5-11(9)14)12(15)8-13-16-6-7-17(13)2/h3-7,12H,8,15H2,1-2H3. The maximum Gasteiger partial charge on any atom is 0.110 e. The number of hydrogen-bond acceptors (Lipinski definition) is 2. The van der Waals surface area contributed by atoms with Crippen LogP contribution in [0.3, 0.4) is 0 Å². The summed E-state index contributed by atoms with van der Waals surface area (Å²) in [6.07, 6.45) is 4.49. The van der Waals surface area contributed by atoms with Crippen LogP contribution in [-0.4, -0.2) is 9.55 Å². The summed E-state index contributed by atoms with van der Waals surface area (Å²) in [5.74, 6) is 1.01. The fraction of sp³-hybridized carbons (Fsp3) is 0.308. The Labute approximate surface area is 110 Å². The average molecular weight is 294 g/mol. The summed E-state index contributed by atoms with van der Waals surface area (Å²) >= 11 is 3.53. The van der Waals surface area contributed by atoms with E-state index in [0.717, 1.165) is 16.7 Å².